The van der Waals surface area contributed by atoms with Crippen LogP contribution in [0.2, 0.25) is 0 Å². The van der Waals surface area contributed by atoms with Crippen molar-refractivity contribution in [3.05, 3.63) is 22.4 Å². The summed E-state index contributed by atoms with van der Waals surface area (Å²) in [6, 6.07) is 4.36. The first-order valence-electron chi connectivity index (χ1n) is 9.39. The first-order chi connectivity index (χ1) is 11.7. The molecule has 4 rings (SSSR count). The molecule has 0 aromatic carbocycles. The molecule has 0 saturated carbocycles. The largest absolute Gasteiger partial charge is 0.375 e. The van der Waals surface area contributed by atoms with Crippen LogP contribution in [0.25, 0.3) is 0 Å². The molecule has 24 heavy (non-hydrogen) atoms. The first kappa shape index (κ1) is 16.6. The van der Waals surface area contributed by atoms with Gasteiger partial charge in [-0.25, -0.2) is 0 Å². The van der Waals surface area contributed by atoms with E-state index in [2.05, 4.69) is 27.3 Å². The van der Waals surface area contributed by atoms with E-state index in [-0.39, 0.29) is 5.60 Å². The summed E-state index contributed by atoms with van der Waals surface area (Å²) in [4.78, 5) is 18.4. The number of piperidine rings is 1. The lowest BCUT2D eigenvalue weighted by atomic mass is 9.84. The van der Waals surface area contributed by atoms with Gasteiger partial charge in [-0.15, -0.1) is 11.3 Å². The predicted octanol–water partition coefficient (Wildman–Crippen LogP) is 3.13. The van der Waals surface area contributed by atoms with Crippen LogP contribution in [0.3, 0.4) is 0 Å². The van der Waals surface area contributed by atoms with Gasteiger partial charge in [0.15, 0.2) is 0 Å². The highest BCUT2D eigenvalue weighted by molar-refractivity contribution is 7.09. The van der Waals surface area contributed by atoms with Gasteiger partial charge in [-0.3, -0.25) is 9.69 Å². The molecule has 3 fully saturated rings. The average Bonchev–Trinajstić information content (AvgIpc) is 3.33. The molecular formula is C19H28N2O2S. The van der Waals surface area contributed by atoms with Gasteiger partial charge in [0.05, 0.1) is 12.2 Å². The number of rotatable bonds is 4. The van der Waals surface area contributed by atoms with Gasteiger partial charge in [-0.1, -0.05) is 6.07 Å². The van der Waals surface area contributed by atoms with Gasteiger partial charge < -0.3 is 9.64 Å². The maximum Gasteiger partial charge on any atom is 0.222 e. The fourth-order valence-corrected chi connectivity index (χ4v) is 5.25. The minimum atomic E-state index is 0.0574. The highest BCUT2D eigenvalue weighted by Gasteiger charge is 2.43. The van der Waals surface area contributed by atoms with Crippen molar-refractivity contribution in [2.45, 2.75) is 50.7 Å². The van der Waals surface area contributed by atoms with Crippen molar-refractivity contribution < 1.29 is 9.53 Å². The maximum atomic E-state index is 12.4. The number of hydrogen-bond donors (Lipinski definition) is 0. The quantitative estimate of drug-likeness (QED) is 0.838. The Morgan fingerprint density at radius 2 is 2.04 bits per heavy atom. The fourth-order valence-electron chi connectivity index (χ4n) is 4.50. The molecule has 0 aliphatic carbocycles. The number of likely N-dealkylation sites (tertiary alicyclic amines) is 2. The van der Waals surface area contributed by atoms with Crippen LogP contribution < -0.4 is 0 Å². The smallest absolute Gasteiger partial charge is 0.222 e. The Balaban J connectivity index is 1.25. The van der Waals surface area contributed by atoms with Gasteiger partial charge >= 0.3 is 0 Å². The van der Waals surface area contributed by atoms with Gasteiger partial charge in [-0.05, 0) is 49.5 Å². The number of carbonyl (C=O) groups is 1. The van der Waals surface area contributed by atoms with Gasteiger partial charge in [0.2, 0.25) is 5.91 Å². The van der Waals surface area contributed by atoms with E-state index in [4.69, 9.17) is 4.74 Å². The van der Waals surface area contributed by atoms with Gasteiger partial charge in [-0.2, -0.15) is 0 Å². The number of carbonyl (C=O) groups excluding carboxylic acids is 1. The molecule has 4 nitrogen and oxygen atoms in total. The zero-order valence-corrected chi connectivity index (χ0v) is 15.2. The summed E-state index contributed by atoms with van der Waals surface area (Å²) in [5, 5.41) is 2.16. The molecule has 0 N–H and O–H groups in total. The summed E-state index contributed by atoms with van der Waals surface area (Å²) < 4.78 is 6.25. The number of amides is 1. The Hall–Kier alpha value is -0.910. The molecule has 3 aliphatic rings. The van der Waals surface area contributed by atoms with E-state index >= 15 is 0 Å². The Kier molecular flexibility index (Phi) is 4.93. The zero-order chi connectivity index (χ0) is 16.4. The number of nitrogens with zero attached hydrogens (tertiary/aromatic N) is 2. The minimum Gasteiger partial charge on any atom is -0.375 e. The Labute approximate surface area is 148 Å². The number of thiophene rings is 1. The Bertz CT molecular complexity index is 546. The van der Waals surface area contributed by atoms with E-state index in [1.807, 2.05) is 11.3 Å². The van der Waals surface area contributed by atoms with Crippen LogP contribution in [0, 0.1) is 5.92 Å². The Morgan fingerprint density at radius 1 is 1.25 bits per heavy atom. The van der Waals surface area contributed by atoms with Crippen molar-refractivity contribution in [1.29, 1.82) is 0 Å². The monoisotopic (exact) mass is 348 g/mol. The van der Waals surface area contributed by atoms with E-state index in [9.17, 15) is 4.79 Å². The van der Waals surface area contributed by atoms with E-state index in [1.165, 1.54) is 17.7 Å². The molecule has 3 saturated heterocycles. The van der Waals surface area contributed by atoms with E-state index in [1.54, 1.807) is 0 Å². The summed E-state index contributed by atoms with van der Waals surface area (Å²) in [6.45, 7) is 6.02. The highest BCUT2D eigenvalue weighted by Crippen LogP contribution is 2.40. The van der Waals surface area contributed by atoms with Crippen LogP contribution in [-0.2, 0) is 16.1 Å². The molecule has 0 bridgehead atoms. The molecule has 1 atom stereocenters. The number of ether oxygens (including phenoxy) is 1. The second kappa shape index (κ2) is 7.14. The summed E-state index contributed by atoms with van der Waals surface area (Å²) in [6.07, 6.45) is 6.37. The lowest BCUT2D eigenvalue weighted by Gasteiger charge is -2.38. The second-order valence-corrected chi connectivity index (χ2v) is 8.74. The van der Waals surface area contributed by atoms with Crippen LogP contribution in [0.4, 0.5) is 0 Å². The molecule has 132 valence electrons. The van der Waals surface area contributed by atoms with Gasteiger partial charge in [0.25, 0.3) is 0 Å². The van der Waals surface area contributed by atoms with Crippen LogP contribution >= 0.6 is 11.3 Å². The molecule has 1 aromatic heterocycles. The molecule has 1 amide bonds. The van der Waals surface area contributed by atoms with Crippen LogP contribution in [0.5, 0.6) is 0 Å². The van der Waals surface area contributed by atoms with E-state index < -0.39 is 0 Å². The summed E-state index contributed by atoms with van der Waals surface area (Å²) >= 11 is 1.84. The lowest BCUT2D eigenvalue weighted by molar-refractivity contribution is -0.131. The summed E-state index contributed by atoms with van der Waals surface area (Å²) in [5.74, 6) is 0.787. The van der Waals surface area contributed by atoms with Crippen LogP contribution in [0.1, 0.15) is 43.4 Å². The summed E-state index contributed by atoms with van der Waals surface area (Å²) in [7, 11) is 0. The van der Waals surface area contributed by atoms with Crippen LogP contribution in [0.15, 0.2) is 17.5 Å². The maximum absolute atomic E-state index is 12.4. The molecule has 0 radical (unpaired) electrons. The standard InChI is InChI=1S/C19H28N2O2S/c22-18(21-7-1-2-8-21)12-16-13-19(23-15-16)5-9-20(10-6-19)14-17-4-3-11-24-17/h3-4,11,16H,1-2,5-10,12-15H2/t16-/m0/s1. The van der Waals surface area contributed by atoms with Crippen molar-refractivity contribution in [3.63, 3.8) is 0 Å². The van der Waals surface area contributed by atoms with Gasteiger partial charge in [0, 0.05) is 44.0 Å². The topological polar surface area (TPSA) is 32.8 Å². The van der Waals surface area contributed by atoms with Crippen molar-refractivity contribution >= 4 is 17.2 Å². The average molecular weight is 349 g/mol. The normalized spacial score (nSPS) is 27.2. The SMILES string of the molecule is O=C(C[C@@H]1COC2(CCN(Cc3cccs3)CC2)C1)N1CCCC1. The van der Waals surface area contributed by atoms with E-state index in [0.29, 0.717) is 18.2 Å². The fraction of sp³-hybridized carbons (Fsp3) is 0.737. The van der Waals surface area contributed by atoms with Crippen molar-refractivity contribution in [3.8, 4) is 0 Å². The molecule has 4 heterocycles. The zero-order valence-electron chi connectivity index (χ0n) is 14.4. The van der Waals surface area contributed by atoms with Crippen molar-refractivity contribution in [1.82, 2.24) is 9.80 Å². The predicted molar refractivity (Wildman–Crippen MR) is 96.1 cm³/mol. The third-order valence-corrected chi connectivity index (χ3v) is 6.80. The van der Waals surface area contributed by atoms with Crippen molar-refractivity contribution in [2.75, 3.05) is 32.8 Å². The number of hydrogen-bond acceptors (Lipinski definition) is 4. The van der Waals surface area contributed by atoms with E-state index in [0.717, 1.165) is 58.6 Å². The highest BCUT2D eigenvalue weighted by atomic mass is 32.1. The third kappa shape index (κ3) is 3.68. The minimum absolute atomic E-state index is 0.0574. The van der Waals surface area contributed by atoms with Gasteiger partial charge in [0.1, 0.15) is 0 Å². The summed E-state index contributed by atoms with van der Waals surface area (Å²) in [5.41, 5.74) is 0.0574. The first-order valence-corrected chi connectivity index (χ1v) is 10.3. The molecule has 3 aliphatic heterocycles. The third-order valence-electron chi connectivity index (χ3n) is 5.93. The van der Waals surface area contributed by atoms with Crippen molar-refractivity contribution in [2.24, 2.45) is 5.92 Å². The molecule has 1 spiro atoms. The Morgan fingerprint density at radius 3 is 2.75 bits per heavy atom. The lowest BCUT2D eigenvalue weighted by Crippen LogP contribution is -2.43. The molecule has 5 heteroatoms. The molecule has 0 unspecified atom stereocenters. The molecule has 1 aromatic rings. The van der Waals surface area contributed by atoms with Crippen LogP contribution in [-0.4, -0.2) is 54.1 Å². The second-order valence-electron chi connectivity index (χ2n) is 7.71. The molecular weight excluding hydrogens is 320 g/mol.